The lowest BCUT2D eigenvalue weighted by Gasteiger charge is -2.38. The van der Waals surface area contributed by atoms with Crippen molar-refractivity contribution in [2.75, 3.05) is 13.2 Å². The van der Waals surface area contributed by atoms with Crippen LogP contribution in [0.25, 0.3) is 11.8 Å². The van der Waals surface area contributed by atoms with Crippen LogP contribution in [0.3, 0.4) is 0 Å². The van der Waals surface area contributed by atoms with Gasteiger partial charge in [0, 0.05) is 24.0 Å². The first-order chi connectivity index (χ1) is 15.5. The fourth-order valence-corrected chi connectivity index (χ4v) is 4.52. The smallest absolute Gasteiger partial charge is 0.260 e. The van der Waals surface area contributed by atoms with Gasteiger partial charge in [-0.1, -0.05) is 11.2 Å². The number of benzene rings is 2. The highest BCUT2D eigenvalue weighted by Crippen LogP contribution is 2.40. The number of nitrogens with zero attached hydrogens (tertiary/aromatic N) is 4. The Balaban J connectivity index is 1.45. The van der Waals surface area contributed by atoms with Gasteiger partial charge in [-0.25, -0.2) is 9.37 Å². The lowest BCUT2D eigenvalue weighted by molar-refractivity contribution is -0.137. The van der Waals surface area contributed by atoms with Gasteiger partial charge in [0.05, 0.1) is 12.0 Å². The number of imidazole rings is 1. The highest BCUT2D eigenvalue weighted by atomic mass is 19.1. The highest BCUT2D eigenvalue weighted by Gasteiger charge is 2.49. The first-order valence-corrected chi connectivity index (χ1v) is 10.7. The van der Waals surface area contributed by atoms with Gasteiger partial charge in [0.15, 0.2) is 5.84 Å². The van der Waals surface area contributed by atoms with E-state index in [4.69, 9.17) is 4.84 Å². The quantitative estimate of drug-likeness (QED) is 0.668. The molecule has 0 amide bonds. The molecule has 2 aliphatic heterocycles. The van der Waals surface area contributed by atoms with Crippen LogP contribution in [0.1, 0.15) is 35.2 Å². The van der Waals surface area contributed by atoms with E-state index in [1.54, 1.807) is 12.1 Å². The number of aliphatic hydroxyl groups excluding tert-OH is 1. The van der Waals surface area contributed by atoms with E-state index in [9.17, 15) is 9.50 Å². The first kappa shape index (κ1) is 20.5. The van der Waals surface area contributed by atoms with E-state index >= 15 is 0 Å². The summed E-state index contributed by atoms with van der Waals surface area (Å²) < 4.78 is 15.5. The molecule has 1 atom stereocenters. The number of hydrogen-bond acceptors (Lipinski definition) is 5. The van der Waals surface area contributed by atoms with E-state index < -0.39 is 5.72 Å². The third-order valence-corrected chi connectivity index (χ3v) is 6.15. The summed E-state index contributed by atoms with van der Waals surface area (Å²) in [5.41, 5.74) is 4.90. The molecule has 0 radical (unpaired) electrons. The van der Waals surface area contributed by atoms with E-state index in [1.165, 1.54) is 12.1 Å². The number of aliphatic hydroxyl groups is 1. The number of hydrogen-bond donors (Lipinski definition) is 1. The van der Waals surface area contributed by atoms with E-state index in [1.807, 2.05) is 28.9 Å². The van der Waals surface area contributed by atoms with Crippen molar-refractivity contribution in [1.29, 1.82) is 0 Å². The SMILES string of the molecule is Cc1cn(-c2ccc(C=C3CCCN4C3=NOC4(CO)c3ccc(F)cc3)cc2C)cn1. The number of aromatic nitrogens is 2. The van der Waals surface area contributed by atoms with Crippen LogP contribution >= 0.6 is 0 Å². The Morgan fingerprint density at radius 3 is 2.69 bits per heavy atom. The Morgan fingerprint density at radius 2 is 2.00 bits per heavy atom. The van der Waals surface area contributed by atoms with Gasteiger partial charge < -0.3 is 19.4 Å². The van der Waals surface area contributed by atoms with Crippen LogP contribution in [0.4, 0.5) is 4.39 Å². The molecule has 7 heteroatoms. The minimum atomic E-state index is -1.12. The van der Waals surface area contributed by atoms with Crippen molar-refractivity contribution in [2.24, 2.45) is 5.16 Å². The highest BCUT2D eigenvalue weighted by molar-refractivity contribution is 6.03. The first-order valence-electron chi connectivity index (χ1n) is 10.7. The fourth-order valence-electron chi connectivity index (χ4n) is 4.52. The van der Waals surface area contributed by atoms with Crippen molar-refractivity contribution in [3.8, 4) is 5.69 Å². The molecule has 1 unspecified atom stereocenters. The van der Waals surface area contributed by atoms with Crippen LogP contribution in [0.15, 0.2) is 65.7 Å². The molecule has 1 saturated heterocycles. The van der Waals surface area contributed by atoms with Crippen molar-refractivity contribution in [3.63, 3.8) is 0 Å². The normalized spacial score (nSPS) is 21.4. The fraction of sp³-hybridized carbons (Fsp3) is 0.280. The van der Waals surface area contributed by atoms with E-state index in [2.05, 4.69) is 41.3 Å². The summed E-state index contributed by atoms with van der Waals surface area (Å²) in [4.78, 5) is 12.1. The van der Waals surface area contributed by atoms with Crippen molar-refractivity contribution >= 4 is 11.9 Å². The van der Waals surface area contributed by atoms with Gasteiger partial charge >= 0.3 is 0 Å². The zero-order chi connectivity index (χ0) is 22.3. The summed E-state index contributed by atoms with van der Waals surface area (Å²) in [6.45, 7) is 4.48. The zero-order valence-corrected chi connectivity index (χ0v) is 18.1. The van der Waals surface area contributed by atoms with Crippen LogP contribution < -0.4 is 0 Å². The van der Waals surface area contributed by atoms with Crippen LogP contribution in [0.2, 0.25) is 0 Å². The summed E-state index contributed by atoms with van der Waals surface area (Å²) in [7, 11) is 0. The second-order valence-electron chi connectivity index (χ2n) is 8.35. The molecule has 0 bridgehead atoms. The molecule has 1 N–H and O–H groups in total. The topological polar surface area (TPSA) is 62.9 Å². The molecule has 6 nitrogen and oxygen atoms in total. The molecule has 0 aliphatic carbocycles. The summed E-state index contributed by atoms with van der Waals surface area (Å²) in [6.07, 6.45) is 7.73. The van der Waals surface area contributed by atoms with Crippen molar-refractivity contribution in [1.82, 2.24) is 14.5 Å². The second kappa shape index (κ2) is 7.91. The van der Waals surface area contributed by atoms with Gasteiger partial charge in [0.1, 0.15) is 12.4 Å². The maximum Gasteiger partial charge on any atom is 0.260 e. The van der Waals surface area contributed by atoms with Crippen molar-refractivity contribution < 1.29 is 14.3 Å². The molecule has 164 valence electrons. The van der Waals surface area contributed by atoms with Crippen LogP contribution in [0.5, 0.6) is 0 Å². The average molecular weight is 432 g/mol. The lowest BCUT2D eigenvalue weighted by atomic mass is 9.94. The van der Waals surface area contributed by atoms with Gasteiger partial charge in [-0.05, 0) is 85.9 Å². The number of halogens is 1. The molecule has 1 aromatic heterocycles. The molecule has 1 fully saturated rings. The van der Waals surface area contributed by atoms with Gasteiger partial charge in [0.25, 0.3) is 5.72 Å². The molecule has 32 heavy (non-hydrogen) atoms. The van der Waals surface area contributed by atoms with Crippen molar-refractivity contribution in [2.45, 2.75) is 32.4 Å². The standard InChI is InChI=1S/C25H25FN4O2/c1-17-12-19(5-10-23(17)29-14-18(2)27-16-29)13-20-4-3-11-30-24(20)28-32-25(30,15-31)21-6-8-22(26)9-7-21/h5-10,12-14,16,31H,3-4,11,15H2,1-2H3. The number of rotatable bonds is 4. The van der Waals surface area contributed by atoms with Crippen molar-refractivity contribution in [3.05, 3.63) is 88.8 Å². The number of aryl methyl sites for hydroxylation is 2. The predicted octanol–water partition coefficient (Wildman–Crippen LogP) is 4.30. The van der Waals surface area contributed by atoms with E-state index in [-0.39, 0.29) is 12.4 Å². The molecule has 5 rings (SSSR count). The molecule has 3 aromatic rings. The molecule has 3 heterocycles. The number of piperidine rings is 1. The summed E-state index contributed by atoms with van der Waals surface area (Å²) >= 11 is 0. The second-order valence-corrected chi connectivity index (χ2v) is 8.35. The molecular weight excluding hydrogens is 407 g/mol. The number of fused-ring (bicyclic) bond motifs is 1. The number of amidine groups is 1. The minimum absolute atomic E-state index is 0.281. The Labute approximate surface area is 186 Å². The largest absolute Gasteiger partial charge is 0.390 e. The average Bonchev–Trinajstić information content (AvgIpc) is 3.39. The van der Waals surface area contributed by atoms with Gasteiger partial charge in [-0.3, -0.25) is 0 Å². The number of oxime groups is 1. The van der Waals surface area contributed by atoms with E-state index in [0.29, 0.717) is 12.1 Å². The zero-order valence-electron chi connectivity index (χ0n) is 18.1. The Hall–Kier alpha value is -3.45. The molecule has 0 spiro atoms. The molecular formula is C25H25FN4O2. The lowest BCUT2D eigenvalue weighted by Crippen LogP contribution is -2.51. The Morgan fingerprint density at radius 1 is 1.19 bits per heavy atom. The monoisotopic (exact) mass is 432 g/mol. The third kappa shape index (κ3) is 3.39. The third-order valence-electron chi connectivity index (χ3n) is 6.15. The van der Waals surface area contributed by atoms with E-state index in [0.717, 1.165) is 46.8 Å². The van der Waals surface area contributed by atoms with Gasteiger partial charge in [0.2, 0.25) is 0 Å². The van der Waals surface area contributed by atoms with Crippen LogP contribution in [-0.4, -0.2) is 38.5 Å². The molecule has 2 aromatic carbocycles. The predicted molar refractivity (Wildman–Crippen MR) is 121 cm³/mol. The molecule has 0 saturated carbocycles. The minimum Gasteiger partial charge on any atom is -0.390 e. The van der Waals surface area contributed by atoms with Crippen LogP contribution in [-0.2, 0) is 10.6 Å². The van der Waals surface area contributed by atoms with Crippen LogP contribution in [0, 0.1) is 19.7 Å². The summed E-state index contributed by atoms with van der Waals surface area (Å²) in [5.74, 6) is 0.395. The maximum atomic E-state index is 13.5. The maximum absolute atomic E-state index is 13.5. The molecule has 2 aliphatic rings. The van der Waals surface area contributed by atoms with Gasteiger partial charge in [-0.15, -0.1) is 0 Å². The van der Waals surface area contributed by atoms with Gasteiger partial charge in [-0.2, -0.15) is 0 Å². The Bertz CT molecular complexity index is 1210. The Kier molecular flexibility index (Phi) is 5.06. The summed E-state index contributed by atoms with van der Waals surface area (Å²) in [6, 6.07) is 12.4. The summed E-state index contributed by atoms with van der Waals surface area (Å²) in [5, 5.41) is 14.6.